The molecule has 1 aliphatic heterocycles. The average Bonchev–Trinajstić information content (AvgIpc) is 2.43. The lowest BCUT2D eigenvalue weighted by molar-refractivity contribution is -0.121. The maximum Gasteiger partial charge on any atom is 0.241 e. The lowest BCUT2D eigenvalue weighted by atomic mass is 10.1. The number of nitrogens with one attached hydrogen (secondary N) is 1. The average molecular weight is 264 g/mol. The van der Waals surface area contributed by atoms with Crippen molar-refractivity contribution >= 4 is 11.6 Å². The summed E-state index contributed by atoms with van der Waals surface area (Å²) >= 11 is 0. The number of rotatable bonds is 3. The molecule has 1 fully saturated rings. The smallest absolute Gasteiger partial charge is 0.241 e. The molecule has 1 saturated heterocycles. The number of hydrogen-bond acceptors (Lipinski definition) is 2. The third-order valence-electron chi connectivity index (χ3n) is 3.78. The van der Waals surface area contributed by atoms with Crippen LogP contribution in [0.2, 0.25) is 0 Å². The molecule has 0 aliphatic carbocycles. The lowest BCUT2D eigenvalue weighted by Gasteiger charge is -2.31. The largest absolute Gasteiger partial charge is 0.324 e. The van der Waals surface area contributed by atoms with Crippen molar-refractivity contribution in [3.05, 3.63) is 29.6 Å². The van der Waals surface area contributed by atoms with Crippen molar-refractivity contribution in [1.82, 2.24) is 4.90 Å². The summed E-state index contributed by atoms with van der Waals surface area (Å²) in [6.45, 7) is 5.71. The van der Waals surface area contributed by atoms with Gasteiger partial charge in [0.2, 0.25) is 5.91 Å². The molecule has 1 aromatic carbocycles. The van der Waals surface area contributed by atoms with Gasteiger partial charge in [-0.1, -0.05) is 12.5 Å². The van der Waals surface area contributed by atoms with E-state index in [2.05, 4.69) is 10.2 Å². The van der Waals surface area contributed by atoms with Gasteiger partial charge in [-0.15, -0.1) is 0 Å². The second-order valence-electron chi connectivity index (χ2n) is 5.22. The summed E-state index contributed by atoms with van der Waals surface area (Å²) in [5, 5.41) is 2.83. The molecule has 0 aromatic heterocycles. The Balaban J connectivity index is 2.01. The van der Waals surface area contributed by atoms with Gasteiger partial charge in [0.25, 0.3) is 0 Å². The maximum absolute atomic E-state index is 13.2. The molecule has 0 spiro atoms. The molecule has 0 radical (unpaired) electrons. The van der Waals surface area contributed by atoms with Crippen LogP contribution in [0.4, 0.5) is 10.1 Å². The summed E-state index contributed by atoms with van der Waals surface area (Å²) in [5.41, 5.74) is 1.44. The number of halogens is 1. The fourth-order valence-corrected chi connectivity index (χ4v) is 2.44. The van der Waals surface area contributed by atoms with E-state index in [9.17, 15) is 9.18 Å². The van der Waals surface area contributed by atoms with Crippen LogP contribution in [0.1, 0.15) is 31.7 Å². The molecule has 0 saturated carbocycles. The van der Waals surface area contributed by atoms with Gasteiger partial charge in [0.05, 0.1) is 6.04 Å². The van der Waals surface area contributed by atoms with Gasteiger partial charge in [0.15, 0.2) is 0 Å². The fraction of sp³-hybridized carbons (Fsp3) is 0.533. The Bertz CT molecular complexity index is 455. The van der Waals surface area contributed by atoms with Crippen LogP contribution in [0, 0.1) is 12.7 Å². The third kappa shape index (κ3) is 3.53. The second-order valence-corrected chi connectivity index (χ2v) is 5.22. The summed E-state index contributed by atoms with van der Waals surface area (Å²) in [6.07, 6.45) is 3.54. The van der Waals surface area contributed by atoms with E-state index >= 15 is 0 Å². The van der Waals surface area contributed by atoms with Gasteiger partial charge in [-0.2, -0.15) is 0 Å². The Labute approximate surface area is 113 Å². The first-order valence-corrected chi connectivity index (χ1v) is 6.89. The van der Waals surface area contributed by atoms with E-state index in [0.717, 1.165) is 31.5 Å². The monoisotopic (exact) mass is 264 g/mol. The Hall–Kier alpha value is -1.42. The van der Waals surface area contributed by atoms with Crippen LogP contribution in [-0.2, 0) is 4.79 Å². The summed E-state index contributed by atoms with van der Waals surface area (Å²) in [6, 6.07) is 4.29. The van der Waals surface area contributed by atoms with Crippen molar-refractivity contribution < 1.29 is 9.18 Å². The van der Waals surface area contributed by atoms with Crippen LogP contribution in [0.5, 0.6) is 0 Å². The van der Waals surface area contributed by atoms with Gasteiger partial charge in [0, 0.05) is 5.69 Å². The van der Waals surface area contributed by atoms with E-state index in [4.69, 9.17) is 0 Å². The first-order chi connectivity index (χ1) is 9.08. The van der Waals surface area contributed by atoms with Gasteiger partial charge >= 0.3 is 0 Å². The quantitative estimate of drug-likeness (QED) is 0.910. The van der Waals surface area contributed by atoms with Gasteiger partial charge in [-0.05, 0) is 57.5 Å². The van der Waals surface area contributed by atoms with Crippen LogP contribution in [-0.4, -0.2) is 29.9 Å². The van der Waals surface area contributed by atoms with Crippen LogP contribution >= 0.6 is 0 Å². The molecular weight excluding hydrogens is 243 g/mol. The van der Waals surface area contributed by atoms with Crippen LogP contribution < -0.4 is 5.32 Å². The number of benzene rings is 1. The third-order valence-corrected chi connectivity index (χ3v) is 3.78. The van der Waals surface area contributed by atoms with Crippen LogP contribution in [0.3, 0.4) is 0 Å². The minimum Gasteiger partial charge on any atom is -0.324 e. The molecule has 1 aromatic rings. The van der Waals surface area contributed by atoms with E-state index in [0.29, 0.717) is 5.69 Å². The number of carbonyl (C=O) groups excluding carboxylic acids is 1. The number of anilines is 1. The zero-order valence-electron chi connectivity index (χ0n) is 11.6. The maximum atomic E-state index is 13.2. The van der Waals surface area contributed by atoms with Crippen molar-refractivity contribution in [2.45, 2.75) is 39.2 Å². The fourth-order valence-electron chi connectivity index (χ4n) is 2.44. The van der Waals surface area contributed by atoms with Crippen molar-refractivity contribution in [1.29, 1.82) is 0 Å². The predicted molar refractivity (Wildman–Crippen MR) is 74.7 cm³/mol. The highest BCUT2D eigenvalue weighted by Crippen LogP contribution is 2.18. The van der Waals surface area contributed by atoms with E-state index in [-0.39, 0.29) is 17.8 Å². The number of likely N-dealkylation sites (tertiary alicyclic amines) is 1. The predicted octanol–water partition coefficient (Wildman–Crippen LogP) is 2.95. The van der Waals surface area contributed by atoms with Crippen molar-refractivity contribution in [2.24, 2.45) is 0 Å². The Kier molecular flexibility index (Phi) is 4.53. The lowest BCUT2D eigenvalue weighted by Crippen LogP contribution is -2.44. The summed E-state index contributed by atoms with van der Waals surface area (Å²) in [5.74, 6) is -0.387. The van der Waals surface area contributed by atoms with E-state index in [1.165, 1.54) is 18.6 Å². The van der Waals surface area contributed by atoms with Gasteiger partial charge in [-0.3, -0.25) is 9.69 Å². The number of nitrogens with zero attached hydrogens (tertiary/aromatic N) is 1. The summed E-state index contributed by atoms with van der Waals surface area (Å²) in [7, 11) is 0. The summed E-state index contributed by atoms with van der Waals surface area (Å²) < 4.78 is 13.2. The van der Waals surface area contributed by atoms with E-state index in [1.807, 2.05) is 13.8 Å². The first-order valence-electron chi connectivity index (χ1n) is 6.89. The van der Waals surface area contributed by atoms with Crippen molar-refractivity contribution in [3.63, 3.8) is 0 Å². The normalized spacial score (nSPS) is 18.1. The topological polar surface area (TPSA) is 32.3 Å². The highest BCUT2D eigenvalue weighted by Gasteiger charge is 2.23. The molecule has 104 valence electrons. The number of piperidine rings is 1. The van der Waals surface area contributed by atoms with Crippen LogP contribution in [0.25, 0.3) is 0 Å². The van der Waals surface area contributed by atoms with Crippen molar-refractivity contribution in [2.75, 3.05) is 18.4 Å². The molecule has 1 N–H and O–H groups in total. The molecule has 1 amide bonds. The van der Waals surface area contributed by atoms with E-state index in [1.54, 1.807) is 6.07 Å². The highest BCUT2D eigenvalue weighted by atomic mass is 19.1. The SMILES string of the molecule is Cc1ccc(F)cc1NC(=O)[C@@H](C)N1CCCCC1. The second kappa shape index (κ2) is 6.15. The summed E-state index contributed by atoms with van der Waals surface area (Å²) in [4.78, 5) is 14.4. The number of amides is 1. The minimum atomic E-state index is -0.327. The number of aryl methyl sites for hydroxylation is 1. The molecule has 1 heterocycles. The standard InChI is InChI=1S/C15H21FN2O/c1-11-6-7-13(16)10-14(11)17-15(19)12(2)18-8-4-3-5-9-18/h6-7,10,12H,3-5,8-9H2,1-2H3,(H,17,19)/t12-/m1/s1. The van der Waals surface area contributed by atoms with Crippen LogP contribution in [0.15, 0.2) is 18.2 Å². The molecule has 0 unspecified atom stereocenters. The van der Waals surface area contributed by atoms with Crippen molar-refractivity contribution in [3.8, 4) is 0 Å². The first kappa shape index (κ1) is 14.0. The minimum absolute atomic E-state index is 0.0596. The number of hydrogen-bond donors (Lipinski definition) is 1. The molecule has 1 atom stereocenters. The zero-order chi connectivity index (χ0) is 13.8. The van der Waals surface area contributed by atoms with Gasteiger partial charge in [-0.25, -0.2) is 4.39 Å². The molecule has 1 aliphatic rings. The Morgan fingerprint density at radius 3 is 2.68 bits per heavy atom. The highest BCUT2D eigenvalue weighted by molar-refractivity contribution is 5.95. The molecule has 19 heavy (non-hydrogen) atoms. The number of carbonyl (C=O) groups is 1. The molecule has 0 bridgehead atoms. The Morgan fingerprint density at radius 1 is 1.32 bits per heavy atom. The van der Waals surface area contributed by atoms with Gasteiger partial charge in [0.1, 0.15) is 5.82 Å². The molecule has 2 rings (SSSR count). The van der Waals surface area contributed by atoms with Gasteiger partial charge < -0.3 is 5.32 Å². The Morgan fingerprint density at radius 2 is 2.00 bits per heavy atom. The molecule has 4 heteroatoms. The molecular formula is C15H21FN2O. The zero-order valence-corrected chi connectivity index (χ0v) is 11.6. The van der Waals surface area contributed by atoms with E-state index < -0.39 is 0 Å². The molecule has 3 nitrogen and oxygen atoms in total.